The summed E-state index contributed by atoms with van der Waals surface area (Å²) in [5.74, 6) is 0.838. The topological polar surface area (TPSA) is 55.2 Å². The van der Waals surface area contributed by atoms with Crippen molar-refractivity contribution in [3.63, 3.8) is 0 Å². The van der Waals surface area contributed by atoms with Gasteiger partial charge in [0.15, 0.2) is 5.11 Å². The summed E-state index contributed by atoms with van der Waals surface area (Å²) in [6, 6.07) is 22.1. The Morgan fingerprint density at radius 1 is 0.909 bits per heavy atom. The van der Waals surface area contributed by atoms with Crippen LogP contribution in [0.5, 0.6) is 5.75 Å². The van der Waals surface area contributed by atoms with Crippen LogP contribution in [0.25, 0.3) is 5.69 Å². The van der Waals surface area contributed by atoms with Crippen LogP contribution in [0.2, 0.25) is 0 Å². The van der Waals surface area contributed by atoms with Gasteiger partial charge in [-0.05, 0) is 86.7 Å². The lowest BCUT2D eigenvalue weighted by atomic mass is 10.0. The van der Waals surface area contributed by atoms with E-state index in [2.05, 4.69) is 55.2 Å². The van der Waals surface area contributed by atoms with E-state index in [4.69, 9.17) is 17.0 Å². The quantitative estimate of drug-likeness (QED) is 0.402. The van der Waals surface area contributed by atoms with Gasteiger partial charge in [-0.2, -0.15) is 0 Å². The Hall–Kier alpha value is -3.71. The summed E-state index contributed by atoms with van der Waals surface area (Å²) in [5.41, 5.74) is 4.08. The molecule has 6 nitrogen and oxygen atoms in total. The molecule has 1 N–H and O–H groups in total. The molecular weight excluding hydrogens is 430 g/mol. The molecule has 0 radical (unpaired) electrons. The van der Waals surface area contributed by atoms with Gasteiger partial charge in [0.2, 0.25) is 0 Å². The fourth-order valence-electron chi connectivity index (χ4n) is 4.27. The molecule has 33 heavy (non-hydrogen) atoms. The summed E-state index contributed by atoms with van der Waals surface area (Å²) in [4.78, 5) is 11.0. The number of hydrogen-bond acceptors (Lipinski definition) is 4. The van der Waals surface area contributed by atoms with Crippen LogP contribution < -0.4 is 15.0 Å². The Labute approximate surface area is 198 Å². The highest BCUT2D eigenvalue weighted by Gasteiger charge is 2.42. The van der Waals surface area contributed by atoms with Gasteiger partial charge in [-0.3, -0.25) is 9.97 Å². The summed E-state index contributed by atoms with van der Waals surface area (Å²) in [6.07, 6.45) is 7.62. The highest BCUT2D eigenvalue weighted by atomic mass is 32.1. The van der Waals surface area contributed by atoms with Crippen molar-refractivity contribution in [1.29, 1.82) is 0 Å². The van der Waals surface area contributed by atoms with E-state index in [-0.39, 0.29) is 18.2 Å². The molecule has 1 saturated heterocycles. The summed E-state index contributed by atoms with van der Waals surface area (Å²) in [6.45, 7) is 4.04. The minimum atomic E-state index is -0.110. The molecule has 1 aliphatic rings. The molecule has 0 saturated carbocycles. The summed E-state index contributed by atoms with van der Waals surface area (Å²) in [7, 11) is 0. The molecule has 0 unspecified atom stereocenters. The fourth-order valence-corrected chi connectivity index (χ4v) is 4.61. The number of anilines is 1. The van der Waals surface area contributed by atoms with Crippen LogP contribution in [0.4, 0.5) is 5.69 Å². The molecule has 0 amide bonds. The van der Waals surface area contributed by atoms with Crippen molar-refractivity contribution >= 4 is 23.0 Å². The van der Waals surface area contributed by atoms with Crippen molar-refractivity contribution in [2.45, 2.75) is 32.0 Å². The number of pyridine rings is 2. The number of hydrogen-bond donors (Lipinski definition) is 1. The van der Waals surface area contributed by atoms with Gasteiger partial charge in [-0.1, -0.05) is 6.07 Å². The van der Waals surface area contributed by atoms with E-state index < -0.39 is 0 Å². The summed E-state index contributed by atoms with van der Waals surface area (Å²) in [5, 5.41) is 4.18. The summed E-state index contributed by atoms with van der Waals surface area (Å²) < 4.78 is 8.02. The van der Waals surface area contributed by atoms with Gasteiger partial charge in [0.25, 0.3) is 0 Å². The van der Waals surface area contributed by atoms with Gasteiger partial charge in [0, 0.05) is 41.9 Å². The molecule has 0 aliphatic carbocycles. The predicted molar refractivity (Wildman–Crippen MR) is 134 cm³/mol. The number of ether oxygens (including phenoxy) is 1. The average Bonchev–Trinajstić information content (AvgIpc) is 3.45. The Balaban J connectivity index is 1.60. The van der Waals surface area contributed by atoms with Crippen molar-refractivity contribution < 1.29 is 4.74 Å². The third-order valence-corrected chi connectivity index (χ3v) is 5.92. The first-order valence-electron chi connectivity index (χ1n) is 11.0. The monoisotopic (exact) mass is 455 g/mol. The second kappa shape index (κ2) is 9.03. The lowest BCUT2D eigenvalue weighted by molar-refractivity contribution is 0.242. The van der Waals surface area contributed by atoms with Gasteiger partial charge in [-0.15, -0.1) is 0 Å². The number of nitrogens with zero attached hydrogens (tertiary/aromatic N) is 4. The van der Waals surface area contributed by atoms with E-state index in [9.17, 15) is 0 Å². The van der Waals surface area contributed by atoms with E-state index in [1.807, 2.05) is 62.5 Å². The third kappa shape index (κ3) is 4.19. The maximum absolute atomic E-state index is 5.85. The molecule has 1 aliphatic heterocycles. The Kier molecular flexibility index (Phi) is 5.79. The molecule has 0 bridgehead atoms. The second-order valence-corrected chi connectivity index (χ2v) is 8.55. The van der Waals surface area contributed by atoms with Crippen molar-refractivity contribution in [3.05, 3.63) is 103 Å². The van der Waals surface area contributed by atoms with Crippen LogP contribution in [0, 0.1) is 0 Å². The summed E-state index contributed by atoms with van der Waals surface area (Å²) >= 11 is 5.85. The average molecular weight is 456 g/mol. The van der Waals surface area contributed by atoms with E-state index >= 15 is 0 Å². The molecule has 4 heterocycles. The maximum atomic E-state index is 5.85. The molecule has 2 atom stereocenters. The molecule has 1 fully saturated rings. The first-order chi connectivity index (χ1) is 16.1. The highest BCUT2D eigenvalue weighted by molar-refractivity contribution is 7.80. The van der Waals surface area contributed by atoms with Crippen LogP contribution in [0.15, 0.2) is 91.5 Å². The van der Waals surface area contributed by atoms with E-state index in [1.165, 1.54) is 0 Å². The molecule has 4 aromatic rings. The van der Waals surface area contributed by atoms with Crippen molar-refractivity contribution in [3.8, 4) is 11.4 Å². The number of benzene rings is 1. The van der Waals surface area contributed by atoms with Crippen LogP contribution in [0.1, 0.15) is 37.3 Å². The molecular formula is C26H25N5OS. The minimum Gasteiger partial charge on any atom is -0.491 e. The SMILES string of the molecule is CC(C)Oc1ccc(N2C(=S)N[C@@H](c3ccccn3)[C@H]2c2cccn2-c2ccncc2)cc1. The Bertz CT molecular complexity index is 1220. The number of thiocarbonyl (C=S) groups is 1. The number of aromatic nitrogens is 3. The lowest BCUT2D eigenvalue weighted by Crippen LogP contribution is -2.30. The first kappa shape index (κ1) is 21.2. The smallest absolute Gasteiger partial charge is 0.174 e. The molecule has 0 spiro atoms. The van der Waals surface area contributed by atoms with Crippen LogP contribution in [-0.2, 0) is 0 Å². The minimum absolute atomic E-state index is 0.104. The van der Waals surface area contributed by atoms with E-state index in [1.54, 1.807) is 12.4 Å². The second-order valence-electron chi connectivity index (χ2n) is 8.17. The Morgan fingerprint density at radius 2 is 1.70 bits per heavy atom. The normalized spacial score (nSPS) is 17.9. The highest BCUT2D eigenvalue weighted by Crippen LogP contribution is 2.42. The van der Waals surface area contributed by atoms with E-state index in [0.29, 0.717) is 5.11 Å². The number of nitrogens with one attached hydrogen (secondary N) is 1. The Morgan fingerprint density at radius 3 is 2.39 bits per heavy atom. The zero-order valence-electron chi connectivity index (χ0n) is 18.5. The van der Waals surface area contributed by atoms with Crippen molar-refractivity contribution in [1.82, 2.24) is 19.9 Å². The zero-order valence-corrected chi connectivity index (χ0v) is 19.3. The van der Waals surface area contributed by atoms with Crippen molar-refractivity contribution in [2.75, 3.05) is 4.90 Å². The molecule has 3 aromatic heterocycles. The first-order valence-corrected chi connectivity index (χ1v) is 11.4. The number of rotatable bonds is 6. The predicted octanol–water partition coefficient (Wildman–Crippen LogP) is 5.23. The van der Waals surface area contributed by atoms with Gasteiger partial charge in [-0.25, -0.2) is 0 Å². The maximum Gasteiger partial charge on any atom is 0.174 e. The van der Waals surface area contributed by atoms with Crippen molar-refractivity contribution in [2.24, 2.45) is 0 Å². The van der Waals surface area contributed by atoms with E-state index in [0.717, 1.165) is 28.5 Å². The van der Waals surface area contributed by atoms with Gasteiger partial charge in [0.1, 0.15) is 11.8 Å². The van der Waals surface area contributed by atoms with Crippen LogP contribution >= 0.6 is 12.2 Å². The fraction of sp³-hybridized carbons (Fsp3) is 0.192. The van der Waals surface area contributed by atoms with Gasteiger partial charge in [0.05, 0.1) is 17.8 Å². The zero-order chi connectivity index (χ0) is 22.8. The molecule has 1 aromatic carbocycles. The van der Waals surface area contributed by atoms with Crippen LogP contribution in [-0.4, -0.2) is 25.8 Å². The van der Waals surface area contributed by atoms with Gasteiger partial charge >= 0.3 is 0 Å². The lowest BCUT2D eigenvalue weighted by Gasteiger charge is -2.29. The standard InChI is InChI=1S/C26H25N5OS/c1-18(2)32-21-10-8-20(9-11-21)31-25(24(29-26(31)33)22-6-3-4-14-28-22)23-7-5-17-30(23)19-12-15-27-16-13-19/h3-18,24-25H,1-2H3,(H,29,33)/t24-,25+/m0/s1. The third-order valence-electron chi connectivity index (χ3n) is 5.61. The van der Waals surface area contributed by atoms with Crippen LogP contribution in [0.3, 0.4) is 0 Å². The molecule has 7 heteroatoms. The van der Waals surface area contributed by atoms with Gasteiger partial charge < -0.3 is 19.5 Å². The molecule has 166 valence electrons. The largest absolute Gasteiger partial charge is 0.491 e. The molecule has 5 rings (SSSR count).